The van der Waals surface area contributed by atoms with E-state index in [1.54, 1.807) is 27.7 Å². The molecule has 1 fully saturated rings. The molecule has 0 unspecified atom stereocenters. The highest BCUT2D eigenvalue weighted by molar-refractivity contribution is 5.98. The standard InChI is InChI=1S/C41H68N14O13/c1-6-21(4)32(39(66)53-31(20(2)3)38(65)51-26(15-23-16-45-19-48-23)35(62)50-25(40(67)68)9-7-13-46-41(43)44)54-36(63)27(18-56)52-37(64)28-10-8-14-55(28)29(57)17-47-33(60)22(5)49-34(61)24(42)11-12-30(58)59/h16,19-22,24-28,31-32,56H,6-15,17-18,42H2,1-5H3,(H,45,48)(H,47,60)(H,49,61)(H,50,62)(H,51,65)(H,52,64)(H,53,66)(H,54,63)(H,58,59)(H,67,68)(H4,43,44,46)/t21-,22-,24-,25-,26-,27-,28-,31-,32-/m0/s1. The summed E-state index contributed by atoms with van der Waals surface area (Å²) >= 11 is 0. The lowest BCUT2D eigenvalue weighted by atomic mass is 9.96. The van der Waals surface area contributed by atoms with Crippen molar-refractivity contribution in [1.29, 1.82) is 0 Å². The van der Waals surface area contributed by atoms with Gasteiger partial charge in [-0.25, -0.2) is 9.78 Å². The van der Waals surface area contributed by atoms with E-state index in [1.807, 2.05) is 0 Å². The van der Waals surface area contributed by atoms with Gasteiger partial charge in [-0.2, -0.15) is 0 Å². The molecule has 1 saturated heterocycles. The van der Waals surface area contributed by atoms with E-state index < -0.39 is 133 Å². The average Bonchev–Trinajstić information content (AvgIpc) is 4.00. The molecule has 380 valence electrons. The third kappa shape index (κ3) is 18.8. The first-order valence-electron chi connectivity index (χ1n) is 22.2. The van der Waals surface area contributed by atoms with E-state index in [-0.39, 0.29) is 57.6 Å². The lowest BCUT2D eigenvalue weighted by Crippen LogP contribution is -2.62. The number of aliphatic hydroxyl groups excluding tert-OH is 1. The topological polar surface area (TPSA) is 438 Å². The van der Waals surface area contributed by atoms with E-state index >= 15 is 0 Å². The highest BCUT2D eigenvalue weighted by atomic mass is 16.4. The Balaban J connectivity index is 2.14. The van der Waals surface area contributed by atoms with Gasteiger partial charge in [0.05, 0.1) is 25.5 Å². The number of rotatable bonds is 29. The molecular weight excluding hydrogens is 897 g/mol. The number of hydrogen-bond donors (Lipinski definition) is 14. The molecule has 1 aliphatic rings. The fraction of sp³-hybridized carbons (Fsp3) is 0.659. The number of aromatic amines is 1. The number of nitrogens with two attached hydrogens (primary N) is 3. The van der Waals surface area contributed by atoms with Gasteiger partial charge in [-0.05, 0) is 50.9 Å². The third-order valence-corrected chi connectivity index (χ3v) is 11.1. The molecule has 0 bridgehead atoms. The lowest BCUT2D eigenvalue weighted by Gasteiger charge is -2.30. The summed E-state index contributed by atoms with van der Waals surface area (Å²) in [6, 6.07) is -10.4. The highest BCUT2D eigenvalue weighted by Gasteiger charge is 2.38. The molecule has 1 aliphatic heterocycles. The molecule has 8 amide bonds. The number of aliphatic hydroxyl groups is 1. The molecule has 27 nitrogen and oxygen atoms in total. The number of amides is 8. The first-order valence-corrected chi connectivity index (χ1v) is 22.2. The first kappa shape index (κ1) is 57.2. The number of carboxylic acids is 2. The summed E-state index contributed by atoms with van der Waals surface area (Å²) < 4.78 is 0. The number of H-pyrrole nitrogens is 1. The molecule has 27 heteroatoms. The smallest absolute Gasteiger partial charge is 0.326 e. The van der Waals surface area contributed by atoms with Crippen LogP contribution < -0.4 is 54.4 Å². The number of aliphatic imine (C=N–C) groups is 1. The summed E-state index contributed by atoms with van der Waals surface area (Å²) in [4.78, 5) is 141. The minimum Gasteiger partial charge on any atom is -0.481 e. The second-order valence-corrected chi connectivity index (χ2v) is 16.8. The van der Waals surface area contributed by atoms with Crippen LogP contribution in [0.2, 0.25) is 0 Å². The third-order valence-electron chi connectivity index (χ3n) is 11.1. The van der Waals surface area contributed by atoms with Crippen molar-refractivity contribution in [2.75, 3.05) is 26.2 Å². The molecule has 2 rings (SSSR count). The zero-order chi connectivity index (χ0) is 51.2. The monoisotopic (exact) mass is 965 g/mol. The maximum atomic E-state index is 13.9. The van der Waals surface area contributed by atoms with Crippen LogP contribution in [0, 0.1) is 11.8 Å². The lowest BCUT2D eigenvalue weighted by molar-refractivity contribution is -0.142. The van der Waals surface area contributed by atoms with Gasteiger partial charge in [-0.15, -0.1) is 0 Å². The van der Waals surface area contributed by atoms with Crippen molar-refractivity contribution in [3.63, 3.8) is 0 Å². The number of aromatic nitrogens is 2. The zero-order valence-electron chi connectivity index (χ0n) is 38.9. The molecule has 0 aliphatic carbocycles. The largest absolute Gasteiger partial charge is 0.481 e. The molecule has 0 aromatic carbocycles. The van der Waals surface area contributed by atoms with Gasteiger partial charge in [0, 0.05) is 37.8 Å². The molecule has 1 aromatic heterocycles. The van der Waals surface area contributed by atoms with E-state index in [4.69, 9.17) is 22.3 Å². The molecule has 2 heterocycles. The van der Waals surface area contributed by atoms with Crippen molar-refractivity contribution in [2.24, 2.45) is 34.0 Å². The predicted molar refractivity (Wildman–Crippen MR) is 241 cm³/mol. The summed E-state index contributed by atoms with van der Waals surface area (Å²) in [5.41, 5.74) is 16.8. The fourth-order valence-electron chi connectivity index (χ4n) is 6.87. The Morgan fingerprint density at radius 3 is 2.03 bits per heavy atom. The van der Waals surface area contributed by atoms with Crippen LogP contribution in [-0.2, 0) is 54.4 Å². The van der Waals surface area contributed by atoms with E-state index in [1.165, 1.54) is 24.3 Å². The molecule has 9 atom stereocenters. The van der Waals surface area contributed by atoms with Gasteiger partial charge in [0.1, 0.15) is 42.3 Å². The number of likely N-dealkylation sites (tertiary alicyclic amines) is 1. The summed E-state index contributed by atoms with van der Waals surface area (Å²) in [5.74, 6) is -10.2. The van der Waals surface area contributed by atoms with Gasteiger partial charge in [0.15, 0.2) is 5.96 Å². The number of carbonyl (C=O) groups excluding carboxylic acids is 8. The van der Waals surface area contributed by atoms with E-state index in [9.17, 15) is 58.2 Å². The Morgan fingerprint density at radius 2 is 1.46 bits per heavy atom. The van der Waals surface area contributed by atoms with Crippen LogP contribution in [-0.4, -0.2) is 170 Å². The van der Waals surface area contributed by atoms with Crippen LogP contribution in [0.4, 0.5) is 0 Å². The maximum Gasteiger partial charge on any atom is 0.326 e. The number of aliphatic carboxylic acids is 2. The second kappa shape index (κ2) is 28.3. The minimum atomic E-state index is -1.60. The van der Waals surface area contributed by atoms with Gasteiger partial charge in [0.2, 0.25) is 47.3 Å². The predicted octanol–water partition coefficient (Wildman–Crippen LogP) is -4.99. The summed E-state index contributed by atoms with van der Waals surface area (Å²) in [6.07, 6.45) is 3.16. The SMILES string of the molecule is CC[C@H](C)[C@H](NC(=O)[C@H](CO)NC(=O)[C@@H]1CCCN1C(=O)CNC(=O)[C@H](C)NC(=O)[C@@H](N)CCC(=O)O)C(=O)N[C@H](C(=O)N[C@@H](Cc1cnc[nH]1)C(=O)N[C@@H](CCCN=C(N)N)C(=O)O)C(C)C. The van der Waals surface area contributed by atoms with Gasteiger partial charge in [0.25, 0.3) is 0 Å². The number of nitrogens with zero attached hydrogens (tertiary/aromatic N) is 3. The minimum absolute atomic E-state index is 0.0427. The van der Waals surface area contributed by atoms with E-state index in [0.29, 0.717) is 18.5 Å². The van der Waals surface area contributed by atoms with Crippen molar-refractivity contribution in [3.05, 3.63) is 18.2 Å². The van der Waals surface area contributed by atoms with Crippen LogP contribution in [0.3, 0.4) is 0 Å². The van der Waals surface area contributed by atoms with Crippen LogP contribution in [0.5, 0.6) is 0 Å². The number of carboxylic acid groups (broad SMARTS) is 2. The molecule has 17 N–H and O–H groups in total. The maximum absolute atomic E-state index is 13.9. The van der Waals surface area contributed by atoms with Crippen molar-refractivity contribution >= 4 is 65.2 Å². The van der Waals surface area contributed by atoms with Gasteiger partial charge >= 0.3 is 11.9 Å². The zero-order valence-corrected chi connectivity index (χ0v) is 38.9. The van der Waals surface area contributed by atoms with Crippen LogP contribution >= 0.6 is 0 Å². The Hall–Kier alpha value is -6.90. The Bertz CT molecular complexity index is 1950. The number of nitrogens with one attached hydrogen (secondary N) is 8. The molecule has 0 saturated carbocycles. The van der Waals surface area contributed by atoms with Gasteiger partial charge in [-0.1, -0.05) is 34.1 Å². The number of carbonyl (C=O) groups is 10. The van der Waals surface area contributed by atoms with Crippen LogP contribution in [0.25, 0.3) is 0 Å². The molecule has 1 aromatic rings. The Labute approximate surface area is 392 Å². The summed E-state index contributed by atoms with van der Waals surface area (Å²) in [6.45, 7) is 6.71. The highest BCUT2D eigenvalue weighted by Crippen LogP contribution is 2.18. The van der Waals surface area contributed by atoms with E-state index in [0.717, 1.165) is 0 Å². The first-order chi connectivity index (χ1) is 32.0. The van der Waals surface area contributed by atoms with Crippen molar-refractivity contribution in [3.8, 4) is 0 Å². The fourth-order valence-corrected chi connectivity index (χ4v) is 6.87. The van der Waals surface area contributed by atoms with Crippen molar-refractivity contribution < 1.29 is 63.3 Å². The molecule has 0 radical (unpaired) electrons. The van der Waals surface area contributed by atoms with Crippen LogP contribution in [0.1, 0.15) is 85.3 Å². The number of imidazole rings is 1. The molecule has 0 spiro atoms. The Morgan fingerprint density at radius 1 is 0.824 bits per heavy atom. The molecular formula is C41H68N14O13. The normalized spacial score (nSPS) is 16.8. The number of guanidine groups is 1. The summed E-state index contributed by atoms with van der Waals surface area (Å²) in [7, 11) is 0. The van der Waals surface area contributed by atoms with Crippen molar-refractivity contribution in [2.45, 2.75) is 134 Å². The number of hydrogen-bond acceptors (Lipinski definition) is 14. The van der Waals surface area contributed by atoms with Crippen molar-refractivity contribution in [1.82, 2.24) is 52.1 Å². The Kier molecular flexibility index (Phi) is 23.8. The quantitative estimate of drug-likeness (QED) is 0.0203. The van der Waals surface area contributed by atoms with Crippen LogP contribution in [0.15, 0.2) is 17.5 Å². The van der Waals surface area contributed by atoms with Gasteiger partial charge in [-0.3, -0.25) is 48.1 Å². The van der Waals surface area contributed by atoms with Gasteiger partial charge < -0.3 is 79.6 Å². The summed E-state index contributed by atoms with van der Waals surface area (Å²) in [5, 5.41) is 46.2. The van der Waals surface area contributed by atoms with E-state index in [2.05, 4.69) is 52.2 Å². The second-order valence-electron chi connectivity index (χ2n) is 16.8. The average molecular weight is 965 g/mol. The molecule has 68 heavy (non-hydrogen) atoms.